The zero-order valence-corrected chi connectivity index (χ0v) is 17.6. The first-order valence-corrected chi connectivity index (χ1v) is 10.4. The van der Waals surface area contributed by atoms with E-state index >= 15 is 0 Å². The number of aromatic amines is 1. The van der Waals surface area contributed by atoms with Gasteiger partial charge in [-0.1, -0.05) is 11.6 Å². The molecule has 0 aliphatic heterocycles. The zero-order chi connectivity index (χ0) is 20.9. The van der Waals surface area contributed by atoms with E-state index < -0.39 is 0 Å². The van der Waals surface area contributed by atoms with E-state index in [4.69, 9.17) is 20.8 Å². The van der Waals surface area contributed by atoms with Gasteiger partial charge in [-0.25, -0.2) is 9.97 Å². The molecular formula is C20H18ClN5O3S. The van der Waals surface area contributed by atoms with E-state index in [1.807, 2.05) is 6.92 Å². The van der Waals surface area contributed by atoms with E-state index in [-0.39, 0.29) is 12.5 Å². The minimum Gasteiger partial charge on any atom is -0.486 e. The molecule has 1 amide bonds. The van der Waals surface area contributed by atoms with E-state index in [1.165, 1.54) is 11.3 Å². The summed E-state index contributed by atoms with van der Waals surface area (Å²) in [5.74, 6) is 2.27. The number of aryl methyl sites for hydroxylation is 1. The Morgan fingerprint density at radius 1 is 1.27 bits per heavy atom. The number of amides is 1. The van der Waals surface area contributed by atoms with Gasteiger partial charge in [-0.05, 0) is 43.3 Å². The second-order valence-electron chi connectivity index (χ2n) is 6.35. The first-order chi connectivity index (χ1) is 14.6. The van der Waals surface area contributed by atoms with Crippen LogP contribution in [0.2, 0.25) is 5.02 Å². The molecule has 3 heterocycles. The number of rotatable bonds is 8. The molecule has 2 N–H and O–H groups in total. The maximum atomic E-state index is 12.5. The lowest BCUT2D eigenvalue weighted by molar-refractivity contribution is 0.0957. The second-order valence-corrected chi connectivity index (χ2v) is 7.87. The smallest absolute Gasteiger partial charge is 0.263 e. The fourth-order valence-electron chi connectivity index (χ4n) is 2.70. The molecule has 0 radical (unpaired) electrons. The summed E-state index contributed by atoms with van der Waals surface area (Å²) in [5.41, 5.74) is 0.673. The fraction of sp³-hybridized carbons (Fsp3) is 0.200. The van der Waals surface area contributed by atoms with Gasteiger partial charge in [-0.3, -0.25) is 9.89 Å². The maximum absolute atomic E-state index is 12.5. The average Bonchev–Trinajstić information content (AvgIpc) is 3.48. The predicted molar refractivity (Wildman–Crippen MR) is 113 cm³/mol. The predicted octanol–water partition coefficient (Wildman–Crippen LogP) is 4.03. The monoisotopic (exact) mass is 443 g/mol. The number of halogens is 1. The van der Waals surface area contributed by atoms with Gasteiger partial charge in [0, 0.05) is 18.0 Å². The number of carbonyl (C=O) groups is 1. The third-order valence-electron chi connectivity index (χ3n) is 4.14. The Morgan fingerprint density at radius 3 is 2.87 bits per heavy atom. The molecule has 0 aliphatic rings. The van der Waals surface area contributed by atoms with Crippen LogP contribution >= 0.6 is 22.9 Å². The van der Waals surface area contributed by atoms with Gasteiger partial charge in [0.15, 0.2) is 5.76 Å². The molecule has 1 aromatic carbocycles. The quantitative estimate of drug-likeness (QED) is 0.425. The molecule has 0 atom stereocenters. The molecule has 4 aromatic rings. The molecule has 154 valence electrons. The number of aromatic nitrogens is 4. The molecule has 0 fully saturated rings. The van der Waals surface area contributed by atoms with Gasteiger partial charge in [0.2, 0.25) is 5.82 Å². The van der Waals surface area contributed by atoms with Gasteiger partial charge in [0.1, 0.15) is 28.1 Å². The molecule has 0 saturated heterocycles. The number of hydrogen-bond donors (Lipinski definition) is 2. The van der Waals surface area contributed by atoms with E-state index in [2.05, 4.69) is 25.5 Å². The summed E-state index contributed by atoms with van der Waals surface area (Å²) in [5, 5.41) is 11.2. The number of hydrogen-bond acceptors (Lipinski definition) is 7. The number of benzene rings is 1. The molecule has 4 rings (SSSR count). The lowest BCUT2D eigenvalue weighted by Gasteiger charge is -2.03. The van der Waals surface area contributed by atoms with Gasteiger partial charge >= 0.3 is 0 Å². The molecule has 0 aliphatic carbocycles. The van der Waals surface area contributed by atoms with Crippen LogP contribution in [0.5, 0.6) is 5.75 Å². The van der Waals surface area contributed by atoms with Crippen molar-refractivity contribution in [2.24, 2.45) is 0 Å². The average molecular weight is 444 g/mol. The van der Waals surface area contributed by atoms with E-state index in [9.17, 15) is 4.79 Å². The van der Waals surface area contributed by atoms with Gasteiger partial charge in [0.05, 0.1) is 12.0 Å². The van der Waals surface area contributed by atoms with Crippen LogP contribution in [0.25, 0.3) is 11.6 Å². The number of nitrogens with one attached hydrogen (secondary N) is 2. The minimum atomic E-state index is -0.173. The van der Waals surface area contributed by atoms with Gasteiger partial charge in [0.25, 0.3) is 5.91 Å². The van der Waals surface area contributed by atoms with Crippen LogP contribution in [-0.4, -0.2) is 32.6 Å². The molecule has 0 spiro atoms. The highest BCUT2D eigenvalue weighted by Gasteiger charge is 2.16. The molecule has 0 saturated carbocycles. The van der Waals surface area contributed by atoms with Gasteiger partial charge < -0.3 is 14.5 Å². The van der Waals surface area contributed by atoms with Crippen LogP contribution in [-0.2, 0) is 13.0 Å². The van der Waals surface area contributed by atoms with Crippen LogP contribution in [0, 0.1) is 6.92 Å². The number of thiazole rings is 1. The number of H-pyrrole nitrogens is 1. The third kappa shape index (κ3) is 4.87. The summed E-state index contributed by atoms with van der Waals surface area (Å²) in [6, 6.07) is 10.7. The molecule has 0 bridgehead atoms. The van der Waals surface area contributed by atoms with Crippen molar-refractivity contribution < 1.29 is 13.9 Å². The summed E-state index contributed by atoms with van der Waals surface area (Å²) in [6.07, 6.45) is 2.08. The van der Waals surface area contributed by atoms with Crippen molar-refractivity contribution in [2.75, 3.05) is 6.54 Å². The highest BCUT2D eigenvalue weighted by Crippen LogP contribution is 2.21. The van der Waals surface area contributed by atoms with Crippen molar-refractivity contribution in [2.45, 2.75) is 20.0 Å². The Hall–Kier alpha value is -3.17. The fourth-order valence-corrected chi connectivity index (χ4v) is 3.72. The molecule has 0 unspecified atom stereocenters. The minimum absolute atomic E-state index is 0.173. The van der Waals surface area contributed by atoms with Gasteiger partial charge in [-0.2, -0.15) is 5.10 Å². The standard InChI is InChI=1S/C20H18ClN5O3S/c1-12-18(30-17(23-12)11-29-14-6-4-13(21)5-7-14)20(27)22-9-8-16-24-19(26-25-16)15-3-2-10-28-15/h2-7,10H,8-9,11H2,1H3,(H,22,27)(H,24,25,26). The first-order valence-electron chi connectivity index (χ1n) is 9.16. The SMILES string of the molecule is Cc1nc(COc2ccc(Cl)cc2)sc1C(=O)NCCc1nc(-c2ccco2)n[nH]1. The molecule has 10 heteroatoms. The molecule has 30 heavy (non-hydrogen) atoms. The summed E-state index contributed by atoms with van der Waals surface area (Å²) in [6.45, 7) is 2.51. The zero-order valence-electron chi connectivity index (χ0n) is 16.0. The third-order valence-corrected chi connectivity index (χ3v) is 5.53. The molecule has 8 nitrogen and oxygen atoms in total. The van der Waals surface area contributed by atoms with Crippen LogP contribution < -0.4 is 10.1 Å². The Morgan fingerprint density at radius 2 is 2.10 bits per heavy atom. The summed E-state index contributed by atoms with van der Waals surface area (Å²) in [7, 11) is 0. The van der Waals surface area contributed by atoms with E-state index in [0.717, 1.165) is 5.01 Å². The number of ether oxygens (including phenoxy) is 1. The van der Waals surface area contributed by atoms with Crippen LogP contribution in [0.15, 0.2) is 47.1 Å². The number of carbonyl (C=O) groups excluding carboxylic acids is 1. The Balaban J connectivity index is 1.29. The number of nitrogens with zero attached hydrogens (tertiary/aromatic N) is 3. The van der Waals surface area contributed by atoms with Crippen molar-refractivity contribution in [3.8, 4) is 17.3 Å². The highest BCUT2D eigenvalue weighted by atomic mass is 35.5. The number of furan rings is 1. The van der Waals surface area contributed by atoms with Crippen LogP contribution in [0.3, 0.4) is 0 Å². The molecule has 3 aromatic heterocycles. The Bertz CT molecular complexity index is 1120. The lowest BCUT2D eigenvalue weighted by atomic mass is 10.3. The summed E-state index contributed by atoms with van der Waals surface area (Å²) < 4.78 is 11.0. The van der Waals surface area contributed by atoms with Crippen LogP contribution in [0.4, 0.5) is 0 Å². The van der Waals surface area contributed by atoms with Gasteiger partial charge in [-0.15, -0.1) is 11.3 Å². The second kappa shape index (κ2) is 9.10. The maximum Gasteiger partial charge on any atom is 0.263 e. The largest absolute Gasteiger partial charge is 0.486 e. The topological polar surface area (TPSA) is 106 Å². The van der Waals surface area contributed by atoms with E-state index in [1.54, 1.807) is 42.7 Å². The Labute approximate surface area is 181 Å². The van der Waals surface area contributed by atoms with Crippen molar-refractivity contribution in [1.82, 2.24) is 25.5 Å². The normalized spacial score (nSPS) is 10.9. The summed E-state index contributed by atoms with van der Waals surface area (Å²) >= 11 is 7.19. The van der Waals surface area contributed by atoms with Crippen LogP contribution in [0.1, 0.15) is 26.2 Å². The first kappa shape index (κ1) is 20.1. The highest BCUT2D eigenvalue weighted by molar-refractivity contribution is 7.13. The lowest BCUT2D eigenvalue weighted by Crippen LogP contribution is -2.25. The van der Waals surface area contributed by atoms with Crippen molar-refractivity contribution in [3.05, 3.63) is 69.1 Å². The van der Waals surface area contributed by atoms with Crippen molar-refractivity contribution >= 4 is 28.8 Å². The van der Waals surface area contributed by atoms with Crippen molar-refractivity contribution in [1.29, 1.82) is 0 Å². The summed E-state index contributed by atoms with van der Waals surface area (Å²) in [4.78, 5) is 21.9. The van der Waals surface area contributed by atoms with E-state index in [0.29, 0.717) is 51.7 Å². The molecular weight excluding hydrogens is 426 g/mol. The van der Waals surface area contributed by atoms with Crippen molar-refractivity contribution in [3.63, 3.8) is 0 Å². The Kier molecular flexibility index (Phi) is 6.10.